The number of methoxy groups -OCH3 is 1. The van der Waals surface area contributed by atoms with E-state index in [0.29, 0.717) is 17.9 Å². The lowest BCUT2D eigenvalue weighted by Gasteiger charge is -2.24. The van der Waals surface area contributed by atoms with E-state index in [1.807, 2.05) is 20.8 Å². The van der Waals surface area contributed by atoms with Crippen molar-refractivity contribution in [1.82, 2.24) is 4.90 Å². The van der Waals surface area contributed by atoms with Gasteiger partial charge in [0.2, 0.25) is 0 Å². The molecule has 0 unspecified atom stereocenters. The first-order chi connectivity index (χ1) is 9.25. The van der Waals surface area contributed by atoms with Crippen LogP contribution in [0.5, 0.6) is 5.75 Å². The van der Waals surface area contributed by atoms with E-state index < -0.39 is 11.7 Å². The average molecular weight is 276 g/mol. The first kappa shape index (κ1) is 15.8. The van der Waals surface area contributed by atoms with Gasteiger partial charge in [0.1, 0.15) is 11.4 Å². The van der Waals surface area contributed by atoms with Crippen LogP contribution in [-0.4, -0.2) is 30.8 Å². The fourth-order valence-electron chi connectivity index (χ4n) is 1.61. The molecule has 0 heterocycles. The van der Waals surface area contributed by atoms with Crippen molar-refractivity contribution in [3.63, 3.8) is 0 Å². The Morgan fingerprint density at radius 1 is 1.35 bits per heavy atom. The summed E-state index contributed by atoms with van der Waals surface area (Å²) >= 11 is 0. The van der Waals surface area contributed by atoms with Crippen molar-refractivity contribution in [3.05, 3.63) is 29.3 Å². The number of rotatable bonds is 3. The number of amides is 1. The zero-order valence-corrected chi connectivity index (χ0v) is 12.6. The van der Waals surface area contributed by atoms with Gasteiger partial charge in [-0.1, -0.05) is 0 Å². The Kier molecular flexibility index (Phi) is 4.98. The smallest absolute Gasteiger partial charge is 0.410 e. The lowest BCUT2D eigenvalue weighted by Crippen LogP contribution is -2.33. The SMILES string of the molecule is COc1cc(C#N)cc(CN(C)C(=O)OC(C)(C)C)c1. The fraction of sp³-hybridized carbons (Fsp3) is 0.467. The standard InChI is InChI=1S/C15H20N2O3/c1-15(2,3)20-14(18)17(4)10-12-6-11(9-16)7-13(8-12)19-5/h6-8H,10H2,1-5H3. The van der Waals surface area contributed by atoms with Crippen LogP contribution in [0.15, 0.2) is 18.2 Å². The Morgan fingerprint density at radius 3 is 2.50 bits per heavy atom. The quantitative estimate of drug-likeness (QED) is 0.851. The van der Waals surface area contributed by atoms with E-state index in [9.17, 15) is 4.79 Å². The van der Waals surface area contributed by atoms with Gasteiger partial charge in [-0.25, -0.2) is 4.79 Å². The minimum absolute atomic E-state index is 0.348. The lowest BCUT2D eigenvalue weighted by atomic mass is 10.1. The average Bonchev–Trinajstić information content (AvgIpc) is 2.36. The highest BCUT2D eigenvalue weighted by molar-refractivity contribution is 5.67. The van der Waals surface area contributed by atoms with Gasteiger partial charge < -0.3 is 14.4 Å². The van der Waals surface area contributed by atoms with Crippen molar-refractivity contribution in [1.29, 1.82) is 5.26 Å². The Hall–Kier alpha value is -2.22. The molecule has 0 bridgehead atoms. The predicted octanol–water partition coefficient (Wildman–Crippen LogP) is 2.93. The molecule has 1 amide bonds. The molecule has 1 aromatic carbocycles. The van der Waals surface area contributed by atoms with Gasteiger partial charge in [0, 0.05) is 13.6 Å². The van der Waals surface area contributed by atoms with E-state index in [4.69, 9.17) is 14.7 Å². The first-order valence-electron chi connectivity index (χ1n) is 6.27. The summed E-state index contributed by atoms with van der Waals surface area (Å²) in [5.41, 5.74) is 0.781. The lowest BCUT2D eigenvalue weighted by molar-refractivity contribution is 0.0285. The number of carbonyl (C=O) groups is 1. The van der Waals surface area contributed by atoms with Crippen LogP contribution >= 0.6 is 0 Å². The van der Waals surface area contributed by atoms with Gasteiger partial charge in [-0.15, -0.1) is 0 Å². The molecule has 5 heteroatoms. The van der Waals surface area contributed by atoms with Crippen LogP contribution in [0.1, 0.15) is 31.9 Å². The normalized spacial score (nSPS) is 10.6. The van der Waals surface area contributed by atoms with E-state index in [2.05, 4.69) is 6.07 Å². The molecule has 0 saturated carbocycles. The topological polar surface area (TPSA) is 62.6 Å². The highest BCUT2D eigenvalue weighted by Gasteiger charge is 2.19. The van der Waals surface area contributed by atoms with Crippen molar-refractivity contribution in [2.75, 3.05) is 14.2 Å². The number of ether oxygens (including phenoxy) is 2. The number of nitrogens with zero attached hydrogens (tertiary/aromatic N) is 2. The summed E-state index contributed by atoms with van der Waals surface area (Å²) in [4.78, 5) is 13.3. The van der Waals surface area contributed by atoms with E-state index in [1.54, 1.807) is 25.2 Å². The number of benzene rings is 1. The van der Waals surface area contributed by atoms with Crippen molar-refractivity contribution >= 4 is 6.09 Å². The molecular weight excluding hydrogens is 256 g/mol. The Balaban J connectivity index is 2.83. The monoisotopic (exact) mass is 276 g/mol. The largest absolute Gasteiger partial charge is 0.497 e. The molecule has 0 aliphatic heterocycles. The highest BCUT2D eigenvalue weighted by atomic mass is 16.6. The van der Waals surface area contributed by atoms with Crippen molar-refractivity contribution in [3.8, 4) is 11.8 Å². The fourth-order valence-corrected chi connectivity index (χ4v) is 1.61. The summed E-state index contributed by atoms with van der Waals surface area (Å²) in [5.74, 6) is 0.594. The van der Waals surface area contributed by atoms with Gasteiger partial charge in [-0.3, -0.25) is 0 Å². The third-order valence-corrected chi connectivity index (χ3v) is 2.46. The molecule has 108 valence electrons. The molecule has 1 aromatic rings. The minimum atomic E-state index is -0.530. The van der Waals surface area contributed by atoms with Crippen LogP contribution in [0, 0.1) is 11.3 Å². The zero-order valence-electron chi connectivity index (χ0n) is 12.6. The summed E-state index contributed by atoms with van der Waals surface area (Å²) in [6, 6.07) is 7.24. The maximum absolute atomic E-state index is 11.9. The van der Waals surface area contributed by atoms with Gasteiger partial charge in [-0.2, -0.15) is 5.26 Å². The van der Waals surface area contributed by atoms with Crippen molar-refractivity contribution in [2.24, 2.45) is 0 Å². The second kappa shape index (κ2) is 6.29. The van der Waals surface area contributed by atoms with Gasteiger partial charge in [0.05, 0.1) is 18.7 Å². The molecule has 0 atom stereocenters. The Morgan fingerprint density at radius 2 is 2.00 bits per heavy atom. The Bertz CT molecular complexity index is 527. The second-order valence-corrected chi connectivity index (χ2v) is 5.52. The Labute approximate surface area is 119 Å². The summed E-state index contributed by atoms with van der Waals surface area (Å²) in [6.07, 6.45) is -0.404. The molecule has 0 aliphatic carbocycles. The maximum atomic E-state index is 11.9. The molecule has 0 fully saturated rings. The van der Waals surface area contributed by atoms with Crippen molar-refractivity contribution in [2.45, 2.75) is 32.9 Å². The van der Waals surface area contributed by atoms with Gasteiger partial charge in [-0.05, 0) is 44.5 Å². The molecule has 0 saturated heterocycles. The number of carbonyl (C=O) groups excluding carboxylic acids is 1. The van der Waals surface area contributed by atoms with Crippen molar-refractivity contribution < 1.29 is 14.3 Å². The molecule has 0 radical (unpaired) electrons. The number of nitriles is 1. The van der Waals surface area contributed by atoms with E-state index in [1.165, 1.54) is 12.0 Å². The number of hydrogen-bond donors (Lipinski definition) is 0. The maximum Gasteiger partial charge on any atom is 0.410 e. The van der Waals surface area contributed by atoms with Crippen LogP contribution in [0.25, 0.3) is 0 Å². The molecule has 1 rings (SSSR count). The second-order valence-electron chi connectivity index (χ2n) is 5.52. The van der Waals surface area contributed by atoms with Gasteiger partial charge >= 0.3 is 6.09 Å². The van der Waals surface area contributed by atoms with E-state index >= 15 is 0 Å². The molecule has 20 heavy (non-hydrogen) atoms. The highest BCUT2D eigenvalue weighted by Crippen LogP contribution is 2.18. The molecule has 0 aliphatic rings. The zero-order chi connectivity index (χ0) is 15.3. The molecule has 0 spiro atoms. The van der Waals surface area contributed by atoms with E-state index in [-0.39, 0.29) is 0 Å². The third kappa shape index (κ3) is 4.81. The van der Waals surface area contributed by atoms with Crippen LogP contribution < -0.4 is 4.74 Å². The predicted molar refractivity (Wildman–Crippen MR) is 75.4 cm³/mol. The summed E-state index contributed by atoms with van der Waals surface area (Å²) in [7, 11) is 3.19. The molecule has 0 N–H and O–H groups in total. The molecule has 5 nitrogen and oxygen atoms in total. The third-order valence-electron chi connectivity index (χ3n) is 2.46. The van der Waals surface area contributed by atoms with Gasteiger partial charge in [0.15, 0.2) is 0 Å². The van der Waals surface area contributed by atoms with Crippen LogP contribution in [-0.2, 0) is 11.3 Å². The summed E-state index contributed by atoms with van der Waals surface area (Å²) < 4.78 is 10.4. The first-order valence-corrected chi connectivity index (χ1v) is 6.27. The van der Waals surface area contributed by atoms with Crippen LogP contribution in [0.2, 0.25) is 0 Å². The molecule has 0 aromatic heterocycles. The molecular formula is C15H20N2O3. The van der Waals surface area contributed by atoms with Gasteiger partial charge in [0.25, 0.3) is 0 Å². The minimum Gasteiger partial charge on any atom is -0.497 e. The van der Waals surface area contributed by atoms with Crippen LogP contribution in [0.4, 0.5) is 4.79 Å². The van der Waals surface area contributed by atoms with Crippen LogP contribution in [0.3, 0.4) is 0 Å². The van der Waals surface area contributed by atoms with E-state index in [0.717, 1.165) is 5.56 Å². The summed E-state index contributed by atoms with van der Waals surface area (Å²) in [5, 5.41) is 8.97. The summed E-state index contributed by atoms with van der Waals surface area (Å²) in [6.45, 7) is 5.80. The number of hydrogen-bond acceptors (Lipinski definition) is 4.